The van der Waals surface area contributed by atoms with Crippen molar-refractivity contribution in [3.8, 4) is 5.75 Å². The summed E-state index contributed by atoms with van der Waals surface area (Å²) < 4.78 is 11.4. The lowest BCUT2D eigenvalue weighted by Crippen LogP contribution is -2.43. The fraction of sp³-hybridized carbons (Fsp3) is 0.214. The van der Waals surface area contributed by atoms with Gasteiger partial charge in [-0.15, -0.1) is 0 Å². The Hall–Kier alpha value is -4.26. The average molecular weight is 472 g/mol. The minimum absolute atomic E-state index is 0.0336. The van der Waals surface area contributed by atoms with Crippen LogP contribution in [-0.2, 0) is 19.7 Å². The normalized spacial score (nSPS) is 17.7. The molecule has 3 aromatic rings. The molecule has 0 saturated heterocycles. The third-order valence-electron chi connectivity index (χ3n) is 5.95. The fourth-order valence-corrected chi connectivity index (χ4v) is 4.55. The summed E-state index contributed by atoms with van der Waals surface area (Å²) >= 11 is 0. The SMILES string of the molecule is C=C(C(=O)OC(C)(C)C)[C@H](c1ccc([N+](=O)[O-])cc1)[C@@]1(c2ccccc2)C(=O)Oc2ccccc21. The zero-order valence-electron chi connectivity index (χ0n) is 19.7. The summed E-state index contributed by atoms with van der Waals surface area (Å²) in [6, 6.07) is 21.8. The third kappa shape index (κ3) is 4.21. The lowest BCUT2D eigenvalue weighted by Gasteiger charge is -2.37. The topological polar surface area (TPSA) is 95.7 Å². The van der Waals surface area contributed by atoms with Gasteiger partial charge in [-0.2, -0.15) is 0 Å². The molecule has 0 spiro atoms. The van der Waals surface area contributed by atoms with Crippen molar-refractivity contribution in [1.82, 2.24) is 0 Å². The molecule has 1 aliphatic rings. The molecule has 0 amide bonds. The monoisotopic (exact) mass is 471 g/mol. The number of nitro benzene ring substituents is 1. The summed E-state index contributed by atoms with van der Waals surface area (Å²) in [5.41, 5.74) is -0.684. The van der Waals surface area contributed by atoms with Crippen molar-refractivity contribution in [2.75, 3.05) is 0 Å². The molecule has 1 aliphatic heterocycles. The Morgan fingerprint density at radius 2 is 1.60 bits per heavy atom. The molecule has 3 aromatic carbocycles. The summed E-state index contributed by atoms with van der Waals surface area (Å²) in [7, 11) is 0. The Bertz CT molecular complexity index is 1310. The van der Waals surface area contributed by atoms with Crippen LogP contribution >= 0.6 is 0 Å². The van der Waals surface area contributed by atoms with Crippen LogP contribution in [0.4, 0.5) is 5.69 Å². The smallest absolute Gasteiger partial charge is 0.334 e. The van der Waals surface area contributed by atoms with E-state index in [-0.39, 0.29) is 11.3 Å². The number of hydrogen-bond acceptors (Lipinski definition) is 6. The van der Waals surface area contributed by atoms with Gasteiger partial charge in [-0.1, -0.05) is 67.2 Å². The average Bonchev–Trinajstić information content (AvgIpc) is 3.11. The van der Waals surface area contributed by atoms with Crippen molar-refractivity contribution in [3.05, 3.63) is 118 Å². The maximum Gasteiger partial charge on any atom is 0.334 e. The minimum atomic E-state index is -1.47. The number of para-hydroxylation sites is 1. The number of nitro groups is 1. The maximum absolute atomic E-state index is 13.8. The van der Waals surface area contributed by atoms with Gasteiger partial charge in [0, 0.05) is 29.2 Å². The zero-order valence-corrected chi connectivity index (χ0v) is 19.7. The van der Waals surface area contributed by atoms with Gasteiger partial charge in [0.1, 0.15) is 16.8 Å². The van der Waals surface area contributed by atoms with Crippen molar-refractivity contribution in [3.63, 3.8) is 0 Å². The number of non-ortho nitro benzene ring substituents is 1. The lowest BCUT2D eigenvalue weighted by molar-refractivity contribution is -0.384. The Morgan fingerprint density at radius 3 is 2.20 bits per heavy atom. The highest BCUT2D eigenvalue weighted by Gasteiger charge is 2.58. The van der Waals surface area contributed by atoms with Crippen LogP contribution < -0.4 is 4.74 Å². The molecule has 7 heteroatoms. The minimum Gasteiger partial charge on any atom is -0.457 e. The number of carbonyl (C=O) groups excluding carboxylic acids is 2. The largest absolute Gasteiger partial charge is 0.457 e. The molecular weight excluding hydrogens is 446 g/mol. The van der Waals surface area contributed by atoms with Crippen LogP contribution in [0.5, 0.6) is 5.75 Å². The highest BCUT2D eigenvalue weighted by atomic mass is 16.6. The number of ether oxygens (including phenoxy) is 2. The Morgan fingerprint density at radius 1 is 1.00 bits per heavy atom. The Kier molecular flexibility index (Phi) is 6.03. The lowest BCUT2D eigenvalue weighted by atomic mass is 9.62. The van der Waals surface area contributed by atoms with Gasteiger partial charge in [0.25, 0.3) is 5.69 Å². The second-order valence-corrected chi connectivity index (χ2v) is 9.37. The van der Waals surface area contributed by atoms with E-state index in [1.54, 1.807) is 69.3 Å². The van der Waals surface area contributed by atoms with E-state index in [1.165, 1.54) is 24.3 Å². The number of benzene rings is 3. The molecule has 4 rings (SSSR count). The number of rotatable bonds is 6. The van der Waals surface area contributed by atoms with Crippen molar-refractivity contribution in [2.24, 2.45) is 0 Å². The van der Waals surface area contributed by atoms with E-state index in [9.17, 15) is 19.7 Å². The first-order chi connectivity index (χ1) is 16.6. The molecule has 35 heavy (non-hydrogen) atoms. The molecular formula is C28H25NO6. The van der Waals surface area contributed by atoms with Gasteiger partial charge in [-0.3, -0.25) is 14.9 Å². The number of hydrogen-bond donors (Lipinski definition) is 0. The molecule has 178 valence electrons. The summed E-state index contributed by atoms with van der Waals surface area (Å²) in [4.78, 5) is 37.9. The second kappa shape index (κ2) is 8.83. The van der Waals surface area contributed by atoms with E-state index < -0.39 is 33.8 Å². The number of esters is 2. The van der Waals surface area contributed by atoms with Gasteiger partial charge in [0.2, 0.25) is 0 Å². The number of nitrogens with zero attached hydrogens (tertiary/aromatic N) is 1. The van der Waals surface area contributed by atoms with Crippen LogP contribution in [0.25, 0.3) is 0 Å². The van der Waals surface area contributed by atoms with Gasteiger partial charge < -0.3 is 9.47 Å². The molecule has 0 fully saturated rings. The summed E-state index contributed by atoms with van der Waals surface area (Å²) in [5, 5.41) is 11.3. The summed E-state index contributed by atoms with van der Waals surface area (Å²) in [6.45, 7) is 9.30. The molecule has 0 unspecified atom stereocenters. The van der Waals surface area contributed by atoms with Crippen LogP contribution in [0, 0.1) is 10.1 Å². The van der Waals surface area contributed by atoms with Gasteiger partial charge in [0.15, 0.2) is 0 Å². The molecule has 7 nitrogen and oxygen atoms in total. The predicted octanol–water partition coefficient (Wildman–Crippen LogP) is 5.48. The Balaban J connectivity index is 2.01. The first-order valence-corrected chi connectivity index (χ1v) is 11.1. The molecule has 0 saturated carbocycles. The van der Waals surface area contributed by atoms with Crippen LogP contribution in [0.1, 0.15) is 43.4 Å². The van der Waals surface area contributed by atoms with Gasteiger partial charge in [-0.05, 0) is 38.0 Å². The van der Waals surface area contributed by atoms with Gasteiger partial charge in [-0.25, -0.2) is 4.79 Å². The van der Waals surface area contributed by atoms with E-state index in [4.69, 9.17) is 9.47 Å². The van der Waals surface area contributed by atoms with Crippen molar-refractivity contribution < 1.29 is 24.0 Å². The third-order valence-corrected chi connectivity index (χ3v) is 5.95. The number of fused-ring (bicyclic) bond motifs is 1. The molecule has 2 atom stereocenters. The standard InChI is InChI=1S/C28H25NO6/c1-18(25(30)35-27(2,3)4)24(19-14-16-21(17-15-19)29(32)33)28(20-10-6-5-7-11-20)22-12-8-9-13-23(22)34-26(28)31/h5-17,24H,1H2,2-4H3/t24-,28+/m1/s1. The zero-order chi connectivity index (χ0) is 25.4. The first-order valence-electron chi connectivity index (χ1n) is 11.1. The van der Waals surface area contributed by atoms with Crippen molar-refractivity contribution in [2.45, 2.75) is 37.7 Å². The van der Waals surface area contributed by atoms with Crippen LogP contribution in [0.3, 0.4) is 0 Å². The van der Waals surface area contributed by atoms with Gasteiger partial charge in [0.05, 0.1) is 4.92 Å². The van der Waals surface area contributed by atoms with E-state index >= 15 is 0 Å². The highest BCUT2D eigenvalue weighted by Crippen LogP contribution is 2.55. The molecule has 0 aromatic heterocycles. The molecule has 0 bridgehead atoms. The van der Waals surface area contributed by atoms with Gasteiger partial charge >= 0.3 is 11.9 Å². The van der Waals surface area contributed by atoms with Crippen LogP contribution in [0.2, 0.25) is 0 Å². The quantitative estimate of drug-likeness (QED) is 0.155. The fourth-order valence-electron chi connectivity index (χ4n) is 4.55. The summed E-state index contributed by atoms with van der Waals surface area (Å²) in [6.07, 6.45) is 0. The Labute approximate surface area is 203 Å². The maximum atomic E-state index is 13.8. The predicted molar refractivity (Wildman–Crippen MR) is 130 cm³/mol. The summed E-state index contributed by atoms with van der Waals surface area (Å²) in [5.74, 6) is -1.83. The van der Waals surface area contributed by atoms with E-state index in [0.29, 0.717) is 22.4 Å². The molecule has 0 radical (unpaired) electrons. The first kappa shape index (κ1) is 23.9. The van der Waals surface area contributed by atoms with Crippen LogP contribution in [0.15, 0.2) is 91.0 Å². The highest BCUT2D eigenvalue weighted by molar-refractivity contribution is 6.00. The number of carbonyl (C=O) groups is 2. The second-order valence-electron chi connectivity index (χ2n) is 9.37. The molecule has 1 heterocycles. The molecule has 0 aliphatic carbocycles. The van der Waals surface area contributed by atoms with Crippen molar-refractivity contribution >= 4 is 17.6 Å². The van der Waals surface area contributed by atoms with E-state index in [0.717, 1.165) is 0 Å². The van der Waals surface area contributed by atoms with Crippen LogP contribution in [-0.4, -0.2) is 22.5 Å². The molecule has 0 N–H and O–H groups in total. The van der Waals surface area contributed by atoms with Crippen molar-refractivity contribution in [1.29, 1.82) is 0 Å². The van der Waals surface area contributed by atoms with E-state index in [2.05, 4.69) is 6.58 Å². The van der Waals surface area contributed by atoms with E-state index in [1.807, 2.05) is 6.07 Å².